The highest BCUT2D eigenvalue weighted by atomic mass is 32.1. The summed E-state index contributed by atoms with van der Waals surface area (Å²) < 4.78 is 7.26. The second-order valence-electron chi connectivity index (χ2n) is 9.58. The van der Waals surface area contributed by atoms with Crippen LogP contribution in [0.1, 0.15) is 36.3 Å². The van der Waals surface area contributed by atoms with Gasteiger partial charge in [-0.2, -0.15) is 0 Å². The molecule has 1 atom stereocenters. The maximum absolute atomic E-state index is 13.3. The minimum Gasteiger partial charge on any atom is -0.379 e. The smallest absolute Gasteiger partial charge is 0.262 e. The molecule has 0 unspecified atom stereocenters. The van der Waals surface area contributed by atoms with E-state index in [-0.39, 0.29) is 11.1 Å². The van der Waals surface area contributed by atoms with Gasteiger partial charge in [-0.3, -0.25) is 14.3 Å². The Bertz CT molecular complexity index is 1130. The summed E-state index contributed by atoms with van der Waals surface area (Å²) in [4.78, 5) is 22.7. The van der Waals surface area contributed by atoms with Gasteiger partial charge in [0.2, 0.25) is 0 Å². The molecular formula is C25H32N4O2S. The number of morpholine rings is 1. The van der Waals surface area contributed by atoms with Gasteiger partial charge in [-0.1, -0.05) is 30.3 Å². The van der Waals surface area contributed by atoms with Crippen LogP contribution in [0, 0.1) is 0 Å². The van der Waals surface area contributed by atoms with Crippen LogP contribution >= 0.6 is 11.3 Å². The van der Waals surface area contributed by atoms with Crippen LogP contribution in [0.5, 0.6) is 0 Å². The third-order valence-electron chi connectivity index (χ3n) is 6.92. The molecule has 0 spiro atoms. The van der Waals surface area contributed by atoms with Crippen molar-refractivity contribution >= 4 is 21.6 Å². The quantitative estimate of drug-likeness (QED) is 0.623. The van der Waals surface area contributed by atoms with Gasteiger partial charge < -0.3 is 10.1 Å². The van der Waals surface area contributed by atoms with E-state index in [2.05, 4.69) is 29.0 Å². The molecular weight excluding hydrogens is 420 g/mol. The number of thiophene rings is 1. The molecule has 2 aromatic heterocycles. The number of fused-ring (bicyclic) bond motifs is 3. The molecule has 0 amide bonds. The average Bonchev–Trinajstić information content (AvgIpc) is 3.19. The van der Waals surface area contributed by atoms with Crippen LogP contribution in [-0.4, -0.2) is 58.9 Å². The van der Waals surface area contributed by atoms with E-state index in [1.54, 1.807) is 22.2 Å². The number of ether oxygens (including phenoxy) is 1. The zero-order chi connectivity index (χ0) is 22.1. The van der Waals surface area contributed by atoms with E-state index in [0.717, 1.165) is 67.9 Å². The van der Waals surface area contributed by atoms with Crippen molar-refractivity contribution in [3.05, 3.63) is 63.0 Å². The number of benzene rings is 1. The summed E-state index contributed by atoms with van der Waals surface area (Å²) in [6.07, 6.45) is 4.69. The summed E-state index contributed by atoms with van der Waals surface area (Å²) in [5.41, 5.74) is 2.55. The average molecular weight is 453 g/mol. The fourth-order valence-electron chi connectivity index (χ4n) is 4.94. The molecule has 6 nitrogen and oxygen atoms in total. The van der Waals surface area contributed by atoms with E-state index in [4.69, 9.17) is 4.74 Å². The van der Waals surface area contributed by atoms with Crippen molar-refractivity contribution in [2.75, 3.05) is 32.8 Å². The highest BCUT2D eigenvalue weighted by molar-refractivity contribution is 7.18. The standard InChI is InChI=1S/C25H32N4O2S/c1-25(2,29-10-12-31-13-11-29)16-26-19-8-9-20-21(14-19)32-23-22(20)24(30)28(17-27-23)15-18-6-4-3-5-7-18/h3-7,17,19,26H,8-16H2,1-2H3/t19-/m0/s1. The Morgan fingerprint density at radius 1 is 1.22 bits per heavy atom. The molecule has 1 aliphatic carbocycles. The number of aryl methyl sites for hydroxylation is 1. The fraction of sp³-hybridized carbons (Fsp3) is 0.520. The van der Waals surface area contributed by atoms with Gasteiger partial charge in [0, 0.05) is 36.1 Å². The highest BCUT2D eigenvalue weighted by Crippen LogP contribution is 2.34. The number of nitrogens with one attached hydrogen (secondary N) is 1. The maximum atomic E-state index is 13.3. The third kappa shape index (κ3) is 4.39. The van der Waals surface area contributed by atoms with Crippen LogP contribution in [0.3, 0.4) is 0 Å². The molecule has 7 heteroatoms. The predicted octanol–water partition coefficient (Wildman–Crippen LogP) is 3.06. The zero-order valence-corrected chi connectivity index (χ0v) is 19.8. The maximum Gasteiger partial charge on any atom is 0.262 e. The number of aromatic nitrogens is 2. The molecule has 5 rings (SSSR count). The largest absolute Gasteiger partial charge is 0.379 e. The lowest BCUT2D eigenvalue weighted by Gasteiger charge is -2.42. The van der Waals surface area contributed by atoms with Gasteiger partial charge in [0.15, 0.2) is 0 Å². The Hall–Kier alpha value is -2.06. The molecule has 32 heavy (non-hydrogen) atoms. The van der Waals surface area contributed by atoms with E-state index in [0.29, 0.717) is 12.6 Å². The molecule has 3 heterocycles. The van der Waals surface area contributed by atoms with Gasteiger partial charge in [0.05, 0.1) is 31.5 Å². The monoisotopic (exact) mass is 452 g/mol. The SMILES string of the molecule is CC(C)(CN[C@H]1CCc2c(sc3ncn(Cc4ccccc4)c(=O)c23)C1)N1CCOCC1. The molecule has 0 radical (unpaired) electrons. The number of hydrogen-bond acceptors (Lipinski definition) is 6. The lowest BCUT2D eigenvalue weighted by molar-refractivity contribution is -0.0104. The van der Waals surface area contributed by atoms with E-state index in [1.807, 2.05) is 30.3 Å². The van der Waals surface area contributed by atoms with Crippen LogP contribution < -0.4 is 10.9 Å². The summed E-state index contributed by atoms with van der Waals surface area (Å²) in [5, 5.41) is 4.67. The van der Waals surface area contributed by atoms with Crippen molar-refractivity contribution in [3.63, 3.8) is 0 Å². The normalized spacial score (nSPS) is 19.9. The summed E-state index contributed by atoms with van der Waals surface area (Å²) in [7, 11) is 0. The second-order valence-corrected chi connectivity index (χ2v) is 10.7. The molecule has 1 aromatic carbocycles. The summed E-state index contributed by atoms with van der Waals surface area (Å²) >= 11 is 1.70. The van der Waals surface area contributed by atoms with Crippen LogP contribution in [0.4, 0.5) is 0 Å². The highest BCUT2D eigenvalue weighted by Gasteiger charge is 2.30. The number of hydrogen-bond donors (Lipinski definition) is 1. The molecule has 1 N–H and O–H groups in total. The van der Waals surface area contributed by atoms with Gasteiger partial charge in [0.1, 0.15) is 4.83 Å². The van der Waals surface area contributed by atoms with Crippen molar-refractivity contribution in [2.24, 2.45) is 0 Å². The van der Waals surface area contributed by atoms with Gasteiger partial charge in [-0.25, -0.2) is 4.98 Å². The first-order valence-electron chi connectivity index (χ1n) is 11.6. The topological polar surface area (TPSA) is 59.4 Å². The second kappa shape index (κ2) is 9.06. The Morgan fingerprint density at radius 3 is 2.78 bits per heavy atom. The first kappa shape index (κ1) is 21.8. The van der Waals surface area contributed by atoms with Crippen molar-refractivity contribution in [3.8, 4) is 0 Å². The summed E-state index contributed by atoms with van der Waals surface area (Å²) in [6, 6.07) is 10.6. The number of nitrogens with zero attached hydrogens (tertiary/aromatic N) is 3. The van der Waals surface area contributed by atoms with Crippen molar-refractivity contribution in [1.29, 1.82) is 0 Å². The third-order valence-corrected chi connectivity index (χ3v) is 8.08. The van der Waals surface area contributed by atoms with Crippen LogP contribution in [0.2, 0.25) is 0 Å². The summed E-state index contributed by atoms with van der Waals surface area (Å²) in [5.74, 6) is 0. The van der Waals surface area contributed by atoms with Crippen LogP contribution in [-0.2, 0) is 24.1 Å². The molecule has 0 saturated carbocycles. The van der Waals surface area contributed by atoms with Crippen molar-refractivity contribution in [1.82, 2.24) is 19.8 Å². The molecule has 1 fully saturated rings. The fourth-order valence-corrected chi connectivity index (χ4v) is 6.20. The predicted molar refractivity (Wildman–Crippen MR) is 130 cm³/mol. The van der Waals surface area contributed by atoms with Gasteiger partial charge >= 0.3 is 0 Å². The molecule has 170 valence electrons. The first-order chi connectivity index (χ1) is 15.5. The minimum atomic E-state index is 0.0937. The van der Waals surface area contributed by atoms with E-state index in [1.165, 1.54) is 10.4 Å². The van der Waals surface area contributed by atoms with E-state index < -0.39 is 0 Å². The Kier molecular flexibility index (Phi) is 6.16. The lowest BCUT2D eigenvalue weighted by Crippen LogP contribution is -2.56. The van der Waals surface area contributed by atoms with Crippen molar-refractivity contribution in [2.45, 2.75) is 51.2 Å². The molecule has 0 bridgehead atoms. The van der Waals surface area contributed by atoms with Crippen molar-refractivity contribution < 1.29 is 4.74 Å². The first-order valence-corrected chi connectivity index (χ1v) is 12.4. The van der Waals surface area contributed by atoms with E-state index in [9.17, 15) is 4.79 Å². The molecule has 2 aliphatic rings. The lowest BCUT2D eigenvalue weighted by atomic mass is 9.92. The van der Waals surface area contributed by atoms with Gasteiger partial charge in [-0.05, 0) is 44.2 Å². The van der Waals surface area contributed by atoms with Crippen LogP contribution in [0.25, 0.3) is 10.2 Å². The molecule has 1 saturated heterocycles. The van der Waals surface area contributed by atoms with Crippen LogP contribution in [0.15, 0.2) is 41.5 Å². The Balaban J connectivity index is 1.30. The minimum absolute atomic E-state index is 0.0937. The van der Waals surface area contributed by atoms with Gasteiger partial charge in [0.25, 0.3) is 5.56 Å². The Labute approximate surface area is 193 Å². The number of rotatable bonds is 6. The molecule has 3 aromatic rings. The Morgan fingerprint density at radius 2 is 2.00 bits per heavy atom. The van der Waals surface area contributed by atoms with E-state index >= 15 is 0 Å². The van der Waals surface area contributed by atoms with Gasteiger partial charge in [-0.15, -0.1) is 11.3 Å². The summed E-state index contributed by atoms with van der Waals surface area (Å²) in [6.45, 7) is 9.81. The zero-order valence-electron chi connectivity index (χ0n) is 19.0. The molecule has 1 aliphatic heterocycles.